The lowest BCUT2D eigenvalue weighted by atomic mass is 10.1. The predicted octanol–water partition coefficient (Wildman–Crippen LogP) is 3.10. The second-order valence-corrected chi connectivity index (χ2v) is 6.63. The van der Waals surface area contributed by atoms with Crippen LogP contribution in [0, 0.1) is 6.92 Å². The molecule has 1 fully saturated rings. The number of urea groups is 1. The molecule has 1 heterocycles. The lowest BCUT2D eigenvalue weighted by molar-refractivity contribution is 0.102. The Bertz CT molecular complexity index is 796. The molecule has 3 rings (SSSR count). The Balaban J connectivity index is 1.57. The second kappa shape index (κ2) is 8.58. The van der Waals surface area contributed by atoms with E-state index >= 15 is 0 Å². The largest absolute Gasteiger partial charge is 0.368 e. The number of carbonyl (C=O) groups is 2. The molecular weight excluding hydrogens is 340 g/mol. The number of anilines is 2. The van der Waals surface area contributed by atoms with E-state index in [4.69, 9.17) is 0 Å². The van der Waals surface area contributed by atoms with E-state index in [0.717, 1.165) is 30.0 Å². The SMILES string of the molecule is CCNC(=O)N1CCN(c2ccc(NC(=O)c3ccccc3C)cc2)CC1. The molecule has 0 aliphatic carbocycles. The van der Waals surface area contributed by atoms with Gasteiger partial charge in [-0.2, -0.15) is 0 Å². The fourth-order valence-electron chi connectivity index (χ4n) is 3.21. The summed E-state index contributed by atoms with van der Waals surface area (Å²) in [6.45, 7) is 7.51. The van der Waals surface area contributed by atoms with Crippen LogP contribution in [0.15, 0.2) is 48.5 Å². The minimum atomic E-state index is -0.101. The Labute approximate surface area is 160 Å². The van der Waals surface area contributed by atoms with E-state index in [-0.39, 0.29) is 11.9 Å². The summed E-state index contributed by atoms with van der Waals surface area (Å²) in [5.41, 5.74) is 3.51. The van der Waals surface area contributed by atoms with Gasteiger partial charge in [-0.15, -0.1) is 0 Å². The van der Waals surface area contributed by atoms with Crippen LogP contribution in [0.5, 0.6) is 0 Å². The molecule has 3 amide bonds. The molecule has 0 aromatic heterocycles. The lowest BCUT2D eigenvalue weighted by Gasteiger charge is -2.36. The molecule has 0 spiro atoms. The van der Waals surface area contributed by atoms with Gasteiger partial charge in [0.25, 0.3) is 5.91 Å². The third kappa shape index (κ3) is 4.58. The first-order valence-corrected chi connectivity index (χ1v) is 9.33. The molecule has 6 nitrogen and oxygen atoms in total. The van der Waals surface area contributed by atoms with Gasteiger partial charge in [0, 0.05) is 49.7 Å². The Morgan fingerprint density at radius 3 is 2.26 bits per heavy atom. The molecule has 1 aliphatic rings. The number of hydrogen-bond acceptors (Lipinski definition) is 3. The van der Waals surface area contributed by atoms with Gasteiger partial charge in [-0.05, 0) is 49.7 Å². The molecule has 1 aliphatic heterocycles. The van der Waals surface area contributed by atoms with Crippen LogP contribution in [-0.4, -0.2) is 49.6 Å². The Morgan fingerprint density at radius 1 is 0.963 bits per heavy atom. The zero-order chi connectivity index (χ0) is 19.2. The third-order valence-corrected chi connectivity index (χ3v) is 4.77. The van der Waals surface area contributed by atoms with Gasteiger partial charge in [0.15, 0.2) is 0 Å². The van der Waals surface area contributed by atoms with Crippen LogP contribution >= 0.6 is 0 Å². The highest BCUT2D eigenvalue weighted by atomic mass is 16.2. The van der Waals surface area contributed by atoms with Crippen molar-refractivity contribution in [2.24, 2.45) is 0 Å². The second-order valence-electron chi connectivity index (χ2n) is 6.63. The van der Waals surface area contributed by atoms with Gasteiger partial charge in [0.2, 0.25) is 0 Å². The number of piperazine rings is 1. The van der Waals surface area contributed by atoms with Crippen molar-refractivity contribution in [1.29, 1.82) is 0 Å². The highest BCUT2D eigenvalue weighted by molar-refractivity contribution is 6.05. The van der Waals surface area contributed by atoms with Gasteiger partial charge in [0.05, 0.1) is 0 Å². The molecule has 2 aromatic carbocycles. The molecule has 0 bridgehead atoms. The van der Waals surface area contributed by atoms with E-state index < -0.39 is 0 Å². The number of amides is 3. The zero-order valence-corrected chi connectivity index (χ0v) is 15.9. The number of hydrogen-bond donors (Lipinski definition) is 2. The summed E-state index contributed by atoms with van der Waals surface area (Å²) >= 11 is 0. The zero-order valence-electron chi connectivity index (χ0n) is 15.9. The molecule has 0 unspecified atom stereocenters. The average Bonchev–Trinajstić information content (AvgIpc) is 2.69. The van der Waals surface area contributed by atoms with Gasteiger partial charge >= 0.3 is 6.03 Å². The van der Waals surface area contributed by atoms with Crippen LogP contribution in [0.4, 0.5) is 16.2 Å². The van der Waals surface area contributed by atoms with Gasteiger partial charge in [-0.25, -0.2) is 4.79 Å². The highest BCUT2D eigenvalue weighted by Gasteiger charge is 2.20. The number of aryl methyl sites for hydroxylation is 1. The Hall–Kier alpha value is -3.02. The first-order valence-electron chi connectivity index (χ1n) is 9.33. The van der Waals surface area contributed by atoms with E-state index in [9.17, 15) is 9.59 Å². The van der Waals surface area contributed by atoms with E-state index in [1.165, 1.54) is 0 Å². The van der Waals surface area contributed by atoms with Gasteiger partial charge < -0.3 is 20.4 Å². The van der Waals surface area contributed by atoms with Crippen LogP contribution in [0.2, 0.25) is 0 Å². The minimum Gasteiger partial charge on any atom is -0.368 e. The molecule has 0 radical (unpaired) electrons. The number of nitrogens with one attached hydrogen (secondary N) is 2. The Kier molecular flexibility index (Phi) is 5.96. The van der Waals surface area contributed by atoms with Crippen molar-refractivity contribution in [1.82, 2.24) is 10.2 Å². The minimum absolute atomic E-state index is 0.00594. The average molecular weight is 366 g/mol. The normalized spacial score (nSPS) is 14.0. The summed E-state index contributed by atoms with van der Waals surface area (Å²) in [5, 5.41) is 5.79. The number of benzene rings is 2. The maximum atomic E-state index is 12.4. The van der Waals surface area contributed by atoms with E-state index in [1.807, 2.05) is 67.3 Å². The van der Waals surface area contributed by atoms with Crippen molar-refractivity contribution in [3.8, 4) is 0 Å². The molecule has 0 atom stereocenters. The first kappa shape index (κ1) is 18.8. The standard InChI is InChI=1S/C21H26N4O2/c1-3-22-21(27)25-14-12-24(13-15-25)18-10-8-17(9-11-18)23-20(26)19-7-5-4-6-16(19)2/h4-11H,3,12-15H2,1-2H3,(H,22,27)(H,23,26). The van der Waals surface area contributed by atoms with Crippen molar-refractivity contribution >= 4 is 23.3 Å². The van der Waals surface area contributed by atoms with Crippen LogP contribution in [0.25, 0.3) is 0 Å². The van der Waals surface area contributed by atoms with Crippen molar-refractivity contribution in [2.45, 2.75) is 13.8 Å². The third-order valence-electron chi connectivity index (χ3n) is 4.77. The van der Waals surface area contributed by atoms with E-state index in [1.54, 1.807) is 0 Å². The van der Waals surface area contributed by atoms with Crippen LogP contribution < -0.4 is 15.5 Å². The lowest BCUT2D eigenvalue weighted by Crippen LogP contribution is -2.51. The molecular formula is C21H26N4O2. The van der Waals surface area contributed by atoms with Crippen LogP contribution in [0.3, 0.4) is 0 Å². The molecule has 1 saturated heterocycles. The maximum absolute atomic E-state index is 12.4. The van der Waals surface area contributed by atoms with E-state index in [2.05, 4.69) is 15.5 Å². The maximum Gasteiger partial charge on any atom is 0.317 e. The smallest absolute Gasteiger partial charge is 0.317 e. The van der Waals surface area contributed by atoms with E-state index in [0.29, 0.717) is 25.2 Å². The molecule has 0 saturated carbocycles. The number of nitrogens with zero attached hydrogens (tertiary/aromatic N) is 2. The Morgan fingerprint density at radius 2 is 1.63 bits per heavy atom. The van der Waals surface area contributed by atoms with Crippen molar-refractivity contribution < 1.29 is 9.59 Å². The summed E-state index contributed by atoms with van der Waals surface area (Å²) < 4.78 is 0. The quantitative estimate of drug-likeness (QED) is 0.874. The molecule has 2 N–H and O–H groups in total. The molecule has 27 heavy (non-hydrogen) atoms. The fourth-order valence-corrected chi connectivity index (χ4v) is 3.21. The van der Waals surface area contributed by atoms with Crippen LogP contribution in [0.1, 0.15) is 22.8 Å². The summed E-state index contributed by atoms with van der Waals surface area (Å²) in [4.78, 5) is 28.4. The van der Waals surface area contributed by atoms with Crippen molar-refractivity contribution in [3.05, 3.63) is 59.7 Å². The predicted molar refractivity (Wildman–Crippen MR) is 108 cm³/mol. The number of rotatable bonds is 4. The van der Waals surface area contributed by atoms with Gasteiger partial charge in [-0.3, -0.25) is 4.79 Å². The summed E-state index contributed by atoms with van der Waals surface area (Å²) in [6, 6.07) is 15.4. The summed E-state index contributed by atoms with van der Waals surface area (Å²) in [7, 11) is 0. The molecule has 142 valence electrons. The van der Waals surface area contributed by atoms with Crippen molar-refractivity contribution in [3.63, 3.8) is 0 Å². The van der Waals surface area contributed by atoms with Crippen molar-refractivity contribution in [2.75, 3.05) is 42.9 Å². The summed E-state index contributed by atoms with van der Waals surface area (Å²) in [5.74, 6) is -0.101. The fraction of sp³-hybridized carbons (Fsp3) is 0.333. The monoisotopic (exact) mass is 366 g/mol. The summed E-state index contributed by atoms with van der Waals surface area (Å²) in [6.07, 6.45) is 0. The number of carbonyl (C=O) groups excluding carboxylic acids is 2. The van der Waals surface area contributed by atoms with Gasteiger partial charge in [0.1, 0.15) is 0 Å². The van der Waals surface area contributed by atoms with Gasteiger partial charge in [-0.1, -0.05) is 18.2 Å². The first-order chi connectivity index (χ1) is 13.1. The van der Waals surface area contributed by atoms with Crippen LogP contribution in [-0.2, 0) is 0 Å². The molecule has 2 aromatic rings. The topological polar surface area (TPSA) is 64.7 Å². The molecule has 6 heteroatoms. The highest BCUT2D eigenvalue weighted by Crippen LogP contribution is 2.20.